The second kappa shape index (κ2) is 3.22. The van der Waals surface area contributed by atoms with E-state index in [1.54, 1.807) is 24.3 Å². The number of oxime groups is 1. The normalized spacial score (nSPS) is 10.5. The van der Waals surface area contributed by atoms with Gasteiger partial charge in [0.2, 0.25) is 0 Å². The number of hydrogen-bond donors (Lipinski definition) is 1. The van der Waals surface area contributed by atoms with Gasteiger partial charge in [0, 0.05) is 5.02 Å². The van der Waals surface area contributed by atoms with E-state index in [-0.39, 0.29) is 0 Å². The highest BCUT2D eigenvalue weighted by atomic mass is 35.5. The molecular formula is C7H6ClNO. The molecule has 0 aliphatic rings. The van der Waals surface area contributed by atoms with Gasteiger partial charge in [0.25, 0.3) is 0 Å². The molecule has 3 heteroatoms. The minimum Gasteiger partial charge on any atom is -0.411 e. The number of rotatable bonds is 1. The maximum atomic E-state index is 8.13. The molecule has 0 spiro atoms. The molecule has 0 atom stereocenters. The molecule has 1 N–H and O–H groups in total. The lowest BCUT2D eigenvalue weighted by atomic mass is 10.2. The first-order valence-electron chi connectivity index (χ1n) is 2.76. The molecule has 1 aromatic rings. The van der Waals surface area contributed by atoms with Crippen LogP contribution in [0.5, 0.6) is 0 Å². The van der Waals surface area contributed by atoms with Crippen molar-refractivity contribution >= 4 is 17.8 Å². The number of halogens is 1. The van der Waals surface area contributed by atoms with E-state index >= 15 is 0 Å². The molecule has 0 heterocycles. The summed E-state index contributed by atoms with van der Waals surface area (Å²) < 4.78 is 0. The van der Waals surface area contributed by atoms with Crippen LogP contribution in [0.3, 0.4) is 0 Å². The highest BCUT2D eigenvalue weighted by Gasteiger charge is 1.86. The zero-order chi connectivity index (χ0) is 7.40. The highest BCUT2D eigenvalue weighted by molar-refractivity contribution is 6.30. The summed E-state index contributed by atoms with van der Waals surface area (Å²) in [6.07, 6.45) is 1.34. The van der Waals surface area contributed by atoms with E-state index in [4.69, 9.17) is 16.8 Å². The average Bonchev–Trinajstić information content (AvgIpc) is 1.95. The third-order valence-corrected chi connectivity index (χ3v) is 1.33. The summed E-state index contributed by atoms with van der Waals surface area (Å²) in [7, 11) is 0. The van der Waals surface area contributed by atoms with Gasteiger partial charge in [0.1, 0.15) is 0 Å². The Bertz CT molecular complexity index is 230. The van der Waals surface area contributed by atoms with Crippen LogP contribution in [0.4, 0.5) is 0 Å². The van der Waals surface area contributed by atoms with E-state index in [1.807, 2.05) is 0 Å². The van der Waals surface area contributed by atoms with Gasteiger partial charge in [-0.2, -0.15) is 0 Å². The van der Waals surface area contributed by atoms with E-state index in [2.05, 4.69) is 5.16 Å². The minimum atomic E-state index is 0.676. The summed E-state index contributed by atoms with van der Waals surface area (Å²) in [4.78, 5) is 0. The molecular weight excluding hydrogens is 150 g/mol. The van der Waals surface area contributed by atoms with Crippen molar-refractivity contribution in [2.45, 2.75) is 0 Å². The van der Waals surface area contributed by atoms with Gasteiger partial charge < -0.3 is 5.21 Å². The zero-order valence-corrected chi connectivity index (χ0v) is 5.92. The summed E-state index contributed by atoms with van der Waals surface area (Å²) in [6, 6.07) is 7.00. The lowest BCUT2D eigenvalue weighted by Gasteiger charge is -1.89. The fraction of sp³-hybridized carbons (Fsp3) is 0. The minimum absolute atomic E-state index is 0.676. The molecule has 0 saturated carbocycles. The predicted octanol–water partition coefficient (Wildman–Crippen LogP) is 2.15. The average molecular weight is 156 g/mol. The Kier molecular flexibility index (Phi) is 2.29. The van der Waals surface area contributed by atoms with Crippen LogP contribution in [0.1, 0.15) is 5.56 Å². The monoisotopic (exact) mass is 155 g/mol. The molecule has 0 bridgehead atoms. The molecule has 52 valence electrons. The fourth-order valence-corrected chi connectivity index (χ4v) is 0.742. The van der Waals surface area contributed by atoms with Gasteiger partial charge in [-0.05, 0) is 17.7 Å². The Morgan fingerprint density at radius 3 is 2.40 bits per heavy atom. The first kappa shape index (κ1) is 7.09. The lowest BCUT2D eigenvalue weighted by Crippen LogP contribution is -1.77. The molecule has 0 aromatic heterocycles. The number of hydrogen-bond acceptors (Lipinski definition) is 2. The summed E-state index contributed by atoms with van der Waals surface area (Å²) in [5.41, 5.74) is 0.826. The van der Waals surface area contributed by atoms with E-state index in [0.29, 0.717) is 5.02 Å². The van der Waals surface area contributed by atoms with Crippen LogP contribution in [0, 0.1) is 0 Å². The Labute approximate surface area is 63.7 Å². The Balaban J connectivity index is 2.89. The number of benzene rings is 1. The fourth-order valence-electron chi connectivity index (χ4n) is 0.616. The van der Waals surface area contributed by atoms with Gasteiger partial charge in [-0.25, -0.2) is 0 Å². The van der Waals surface area contributed by atoms with E-state index in [9.17, 15) is 0 Å². The van der Waals surface area contributed by atoms with Gasteiger partial charge in [-0.1, -0.05) is 28.9 Å². The molecule has 10 heavy (non-hydrogen) atoms. The van der Waals surface area contributed by atoms with Crippen LogP contribution in [0.2, 0.25) is 5.02 Å². The van der Waals surface area contributed by atoms with Gasteiger partial charge in [-0.15, -0.1) is 0 Å². The van der Waals surface area contributed by atoms with Crippen molar-refractivity contribution in [1.82, 2.24) is 0 Å². The quantitative estimate of drug-likeness (QED) is 0.376. The van der Waals surface area contributed by atoms with Gasteiger partial charge in [-0.3, -0.25) is 0 Å². The molecule has 0 aliphatic heterocycles. The summed E-state index contributed by atoms with van der Waals surface area (Å²) in [5, 5.41) is 11.7. The lowest BCUT2D eigenvalue weighted by molar-refractivity contribution is 0.322. The first-order chi connectivity index (χ1) is 4.83. The van der Waals surface area contributed by atoms with Crippen LogP contribution in [-0.2, 0) is 0 Å². The molecule has 1 rings (SSSR count). The molecule has 0 radical (unpaired) electrons. The molecule has 0 amide bonds. The molecule has 0 fully saturated rings. The van der Waals surface area contributed by atoms with Crippen LogP contribution in [0.25, 0.3) is 0 Å². The molecule has 1 aromatic carbocycles. The first-order valence-corrected chi connectivity index (χ1v) is 3.14. The van der Waals surface area contributed by atoms with E-state index in [0.717, 1.165) is 5.56 Å². The Morgan fingerprint density at radius 2 is 1.90 bits per heavy atom. The molecule has 0 unspecified atom stereocenters. The van der Waals surface area contributed by atoms with Crippen LogP contribution >= 0.6 is 11.6 Å². The van der Waals surface area contributed by atoms with Crippen molar-refractivity contribution < 1.29 is 5.21 Å². The maximum Gasteiger partial charge on any atom is 0.0733 e. The van der Waals surface area contributed by atoms with Crippen LogP contribution < -0.4 is 0 Å². The second-order valence-corrected chi connectivity index (χ2v) is 2.23. The third kappa shape index (κ3) is 1.74. The number of nitrogens with zero attached hydrogens (tertiary/aromatic N) is 1. The SMILES string of the molecule is O/N=C/c1ccc(Cl)cc1. The summed E-state index contributed by atoms with van der Waals surface area (Å²) in [5.74, 6) is 0. The van der Waals surface area contributed by atoms with Crippen molar-refractivity contribution in [3.63, 3.8) is 0 Å². The van der Waals surface area contributed by atoms with E-state index in [1.165, 1.54) is 6.21 Å². The van der Waals surface area contributed by atoms with Crippen molar-refractivity contribution in [2.75, 3.05) is 0 Å². The Hall–Kier alpha value is -1.02. The van der Waals surface area contributed by atoms with Gasteiger partial charge >= 0.3 is 0 Å². The summed E-state index contributed by atoms with van der Waals surface area (Å²) in [6.45, 7) is 0. The Morgan fingerprint density at radius 1 is 1.30 bits per heavy atom. The summed E-state index contributed by atoms with van der Waals surface area (Å²) >= 11 is 5.60. The second-order valence-electron chi connectivity index (χ2n) is 1.80. The highest BCUT2D eigenvalue weighted by Crippen LogP contribution is 2.07. The van der Waals surface area contributed by atoms with Gasteiger partial charge in [0.05, 0.1) is 6.21 Å². The van der Waals surface area contributed by atoms with Crippen molar-refractivity contribution in [3.05, 3.63) is 34.9 Å². The van der Waals surface area contributed by atoms with Crippen molar-refractivity contribution in [1.29, 1.82) is 0 Å². The van der Waals surface area contributed by atoms with Gasteiger partial charge in [0.15, 0.2) is 0 Å². The molecule has 2 nitrogen and oxygen atoms in total. The van der Waals surface area contributed by atoms with Crippen molar-refractivity contribution in [3.8, 4) is 0 Å². The van der Waals surface area contributed by atoms with E-state index < -0.39 is 0 Å². The third-order valence-electron chi connectivity index (χ3n) is 1.08. The zero-order valence-electron chi connectivity index (χ0n) is 5.16. The largest absolute Gasteiger partial charge is 0.411 e. The topological polar surface area (TPSA) is 32.6 Å². The van der Waals surface area contributed by atoms with Crippen molar-refractivity contribution in [2.24, 2.45) is 5.16 Å². The molecule has 0 saturated heterocycles. The van der Waals surface area contributed by atoms with Crippen LogP contribution in [0.15, 0.2) is 29.4 Å². The predicted molar refractivity (Wildman–Crippen MR) is 40.8 cm³/mol. The molecule has 0 aliphatic carbocycles. The smallest absolute Gasteiger partial charge is 0.0733 e. The standard InChI is InChI=1S/C7H6ClNO/c8-7-3-1-6(2-4-7)5-9-10/h1-5,10H/b9-5+. The van der Waals surface area contributed by atoms with Crippen LogP contribution in [-0.4, -0.2) is 11.4 Å². The maximum absolute atomic E-state index is 8.13.